The van der Waals surface area contributed by atoms with Gasteiger partial charge >= 0.3 is 18.0 Å². The number of aliphatic carboxylic acids is 1. The lowest BCUT2D eigenvalue weighted by atomic mass is 10.2. The van der Waals surface area contributed by atoms with Crippen LogP contribution in [0.2, 0.25) is 0 Å². The van der Waals surface area contributed by atoms with Crippen molar-refractivity contribution in [2.24, 2.45) is 0 Å². The number of nitrogens with one attached hydrogen (secondary N) is 2. The Morgan fingerprint density at radius 1 is 1.26 bits per heavy atom. The summed E-state index contributed by atoms with van der Waals surface area (Å²) in [5.41, 5.74) is 0. The summed E-state index contributed by atoms with van der Waals surface area (Å²) in [6.45, 7) is 4.20. The van der Waals surface area contributed by atoms with Crippen LogP contribution < -0.4 is 10.6 Å². The summed E-state index contributed by atoms with van der Waals surface area (Å²) < 4.78 is 4.74. The summed E-state index contributed by atoms with van der Waals surface area (Å²) >= 11 is 0. The van der Waals surface area contributed by atoms with Gasteiger partial charge in [-0.05, 0) is 26.7 Å². The molecule has 1 atom stereocenters. The molecule has 0 aromatic carbocycles. The van der Waals surface area contributed by atoms with Crippen molar-refractivity contribution >= 4 is 18.0 Å². The minimum atomic E-state index is -0.886. The molecule has 2 amide bonds. The van der Waals surface area contributed by atoms with Crippen molar-refractivity contribution in [3.05, 3.63) is 0 Å². The monoisotopic (exact) mass is 274 g/mol. The molecule has 19 heavy (non-hydrogen) atoms. The number of hydrogen-bond donors (Lipinski definition) is 3. The van der Waals surface area contributed by atoms with Crippen LogP contribution in [0.15, 0.2) is 0 Å². The SMILES string of the molecule is CCOC(=O)CCCNC(=O)NC(C)CCC(=O)O. The van der Waals surface area contributed by atoms with Crippen molar-refractivity contribution in [1.29, 1.82) is 0 Å². The number of ether oxygens (including phenoxy) is 1. The van der Waals surface area contributed by atoms with Crippen molar-refractivity contribution < 1.29 is 24.2 Å². The average Bonchev–Trinajstić information content (AvgIpc) is 2.32. The number of rotatable bonds is 9. The second-order valence-electron chi connectivity index (χ2n) is 4.14. The number of esters is 1. The van der Waals surface area contributed by atoms with Gasteiger partial charge in [0.1, 0.15) is 0 Å². The van der Waals surface area contributed by atoms with Crippen LogP contribution in [0.3, 0.4) is 0 Å². The molecule has 7 heteroatoms. The first-order chi connectivity index (χ1) is 8.95. The second kappa shape index (κ2) is 10.2. The fraction of sp³-hybridized carbons (Fsp3) is 0.750. The topological polar surface area (TPSA) is 105 Å². The van der Waals surface area contributed by atoms with E-state index < -0.39 is 5.97 Å². The van der Waals surface area contributed by atoms with Crippen molar-refractivity contribution in [2.75, 3.05) is 13.2 Å². The van der Waals surface area contributed by atoms with E-state index in [0.29, 0.717) is 26.0 Å². The number of amides is 2. The minimum absolute atomic E-state index is 0.0182. The number of carboxylic acid groups (broad SMARTS) is 1. The molecule has 0 aliphatic rings. The molecule has 110 valence electrons. The molecule has 0 aliphatic heterocycles. The largest absolute Gasteiger partial charge is 0.481 e. The third kappa shape index (κ3) is 11.1. The lowest BCUT2D eigenvalue weighted by Crippen LogP contribution is -2.41. The summed E-state index contributed by atoms with van der Waals surface area (Å²) in [6.07, 6.45) is 1.17. The number of hydrogen-bond acceptors (Lipinski definition) is 4. The molecule has 3 N–H and O–H groups in total. The van der Waals surface area contributed by atoms with Gasteiger partial charge in [-0.15, -0.1) is 0 Å². The Morgan fingerprint density at radius 3 is 2.53 bits per heavy atom. The van der Waals surface area contributed by atoms with Gasteiger partial charge < -0.3 is 20.5 Å². The lowest BCUT2D eigenvalue weighted by Gasteiger charge is -2.13. The van der Waals surface area contributed by atoms with E-state index in [1.54, 1.807) is 13.8 Å². The van der Waals surface area contributed by atoms with E-state index in [1.165, 1.54) is 0 Å². The van der Waals surface area contributed by atoms with E-state index in [4.69, 9.17) is 9.84 Å². The van der Waals surface area contributed by atoms with Gasteiger partial charge in [0, 0.05) is 25.4 Å². The summed E-state index contributed by atoms with van der Waals surface area (Å²) in [5, 5.41) is 13.7. The Kier molecular flexibility index (Phi) is 9.20. The molecule has 0 rings (SSSR count). The maximum absolute atomic E-state index is 11.4. The molecular formula is C12H22N2O5. The summed E-state index contributed by atoms with van der Waals surface area (Å²) in [7, 11) is 0. The predicted octanol–water partition coefficient (Wildman–Crippen LogP) is 0.882. The van der Waals surface area contributed by atoms with Crippen LogP contribution in [0.1, 0.15) is 39.5 Å². The lowest BCUT2D eigenvalue weighted by molar-refractivity contribution is -0.143. The zero-order valence-electron chi connectivity index (χ0n) is 11.4. The molecule has 0 aromatic rings. The van der Waals surface area contributed by atoms with Gasteiger partial charge in [-0.2, -0.15) is 0 Å². The van der Waals surface area contributed by atoms with Gasteiger partial charge in [-0.1, -0.05) is 0 Å². The van der Waals surface area contributed by atoms with Crippen molar-refractivity contribution in [3.63, 3.8) is 0 Å². The second-order valence-corrected chi connectivity index (χ2v) is 4.14. The molecule has 0 bridgehead atoms. The zero-order valence-corrected chi connectivity index (χ0v) is 11.4. The fourth-order valence-electron chi connectivity index (χ4n) is 1.35. The van der Waals surface area contributed by atoms with Gasteiger partial charge in [0.25, 0.3) is 0 Å². The highest BCUT2D eigenvalue weighted by Gasteiger charge is 2.08. The molecule has 0 aromatic heterocycles. The van der Waals surface area contributed by atoms with Crippen LogP contribution in [-0.4, -0.2) is 42.3 Å². The summed E-state index contributed by atoms with van der Waals surface area (Å²) in [5.74, 6) is -1.16. The molecule has 0 radical (unpaired) electrons. The van der Waals surface area contributed by atoms with E-state index in [1.807, 2.05) is 0 Å². The van der Waals surface area contributed by atoms with E-state index >= 15 is 0 Å². The highest BCUT2D eigenvalue weighted by molar-refractivity contribution is 5.74. The van der Waals surface area contributed by atoms with Crippen LogP contribution in [0, 0.1) is 0 Å². The van der Waals surface area contributed by atoms with E-state index in [2.05, 4.69) is 10.6 Å². The summed E-state index contributed by atoms with van der Waals surface area (Å²) in [6, 6.07) is -0.567. The Hall–Kier alpha value is -1.79. The Morgan fingerprint density at radius 2 is 1.95 bits per heavy atom. The summed E-state index contributed by atoms with van der Waals surface area (Å²) in [4.78, 5) is 32.7. The Bertz CT molecular complexity index is 306. The molecule has 7 nitrogen and oxygen atoms in total. The van der Waals surface area contributed by atoms with Gasteiger partial charge in [0.15, 0.2) is 0 Å². The molecule has 0 saturated carbocycles. The van der Waals surface area contributed by atoms with Gasteiger partial charge in [0.05, 0.1) is 6.61 Å². The molecule has 0 fully saturated rings. The first kappa shape index (κ1) is 17.2. The van der Waals surface area contributed by atoms with E-state index in [-0.39, 0.29) is 30.9 Å². The number of urea groups is 1. The van der Waals surface area contributed by atoms with Crippen molar-refractivity contribution in [3.8, 4) is 0 Å². The maximum Gasteiger partial charge on any atom is 0.314 e. The number of carboxylic acids is 1. The number of carbonyl (C=O) groups excluding carboxylic acids is 2. The Balaban J connectivity index is 3.58. The standard InChI is InChI=1S/C12H22N2O5/c1-3-19-11(17)5-4-8-13-12(18)14-9(2)6-7-10(15)16/h9H,3-8H2,1-2H3,(H,15,16)(H2,13,14,18). The first-order valence-corrected chi connectivity index (χ1v) is 6.37. The highest BCUT2D eigenvalue weighted by atomic mass is 16.5. The number of carbonyl (C=O) groups is 3. The zero-order chi connectivity index (χ0) is 14.7. The molecular weight excluding hydrogens is 252 g/mol. The van der Waals surface area contributed by atoms with Crippen LogP contribution in [0.4, 0.5) is 4.79 Å². The van der Waals surface area contributed by atoms with Gasteiger partial charge in [-0.3, -0.25) is 9.59 Å². The minimum Gasteiger partial charge on any atom is -0.481 e. The molecule has 1 unspecified atom stereocenters. The van der Waals surface area contributed by atoms with Gasteiger partial charge in [0.2, 0.25) is 0 Å². The van der Waals surface area contributed by atoms with E-state index in [9.17, 15) is 14.4 Å². The fourth-order valence-corrected chi connectivity index (χ4v) is 1.35. The normalized spacial score (nSPS) is 11.5. The molecule has 0 heterocycles. The Labute approximate surface area is 112 Å². The van der Waals surface area contributed by atoms with Crippen molar-refractivity contribution in [2.45, 2.75) is 45.6 Å². The average molecular weight is 274 g/mol. The predicted molar refractivity (Wildman–Crippen MR) is 68.7 cm³/mol. The molecule has 0 aliphatic carbocycles. The maximum atomic E-state index is 11.4. The van der Waals surface area contributed by atoms with Gasteiger partial charge in [-0.25, -0.2) is 4.79 Å². The van der Waals surface area contributed by atoms with Crippen LogP contribution in [0.25, 0.3) is 0 Å². The highest BCUT2D eigenvalue weighted by Crippen LogP contribution is 1.96. The van der Waals surface area contributed by atoms with Crippen LogP contribution in [-0.2, 0) is 14.3 Å². The molecule has 0 spiro atoms. The van der Waals surface area contributed by atoms with Crippen molar-refractivity contribution in [1.82, 2.24) is 10.6 Å². The van der Waals surface area contributed by atoms with Crippen LogP contribution >= 0.6 is 0 Å². The quantitative estimate of drug-likeness (QED) is 0.427. The first-order valence-electron chi connectivity index (χ1n) is 6.37. The third-order valence-electron chi connectivity index (χ3n) is 2.32. The van der Waals surface area contributed by atoms with E-state index in [0.717, 1.165) is 0 Å². The smallest absolute Gasteiger partial charge is 0.314 e. The third-order valence-corrected chi connectivity index (χ3v) is 2.32. The molecule has 0 saturated heterocycles. The van der Waals surface area contributed by atoms with Crippen LogP contribution in [0.5, 0.6) is 0 Å².